The number of hydrogen-bond acceptors (Lipinski definition) is 3. The van der Waals surface area contributed by atoms with Gasteiger partial charge in [-0.2, -0.15) is 0 Å². The first kappa shape index (κ1) is 19.1. The fourth-order valence-corrected chi connectivity index (χ4v) is 3.60. The third kappa shape index (κ3) is 4.54. The topological polar surface area (TPSA) is 49.7 Å². The Morgan fingerprint density at radius 1 is 1.07 bits per heavy atom. The molecule has 140 valence electrons. The van der Waals surface area contributed by atoms with Gasteiger partial charge in [0.1, 0.15) is 5.75 Å². The van der Waals surface area contributed by atoms with E-state index in [4.69, 9.17) is 0 Å². The molecule has 3 nitrogen and oxygen atoms in total. The number of phenols is 1. The minimum atomic E-state index is 0.148. The van der Waals surface area contributed by atoms with E-state index in [1.165, 1.54) is 0 Å². The molecular weight excluding hydrogens is 334 g/mol. The van der Waals surface area contributed by atoms with Crippen LogP contribution in [0, 0.1) is 17.8 Å². The Morgan fingerprint density at radius 2 is 1.78 bits per heavy atom. The number of phenolic OH excluding ortho intramolecular Hbond substituents is 1. The van der Waals surface area contributed by atoms with E-state index < -0.39 is 0 Å². The monoisotopic (exact) mass is 361 g/mol. The van der Waals surface area contributed by atoms with Gasteiger partial charge in [-0.3, -0.25) is 9.79 Å². The molecule has 0 spiro atoms. The zero-order chi connectivity index (χ0) is 19.4. The largest absolute Gasteiger partial charge is 0.507 e. The molecule has 1 N–H and O–H groups in total. The molecule has 3 rings (SSSR count). The third-order valence-corrected chi connectivity index (χ3v) is 5.37. The number of rotatable bonds is 4. The van der Waals surface area contributed by atoms with E-state index in [1.807, 2.05) is 42.5 Å². The number of benzene rings is 2. The van der Waals surface area contributed by atoms with Gasteiger partial charge in [-0.25, -0.2) is 0 Å². The quantitative estimate of drug-likeness (QED) is 0.553. The number of carbonyl (C=O) groups excluding carboxylic acids is 1. The molecule has 0 unspecified atom stereocenters. The van der Waals surface area contributed by atoms with E-state index in [0.717, 1.165) is 29.7 Å². The van der Waals surface area contributed by atoms with Gasteiger partial charge in [-0.05, 0) is 66.2 Å². The van der Waals surface area contributed by atoms with E-state index >= 15 is 0 Å². The van der Waals surface area contributed by atoms with Gasteiger partial charge in [-0.15, -0.1) is 0 Å². The number of carbonyl (C=O) groups is 1. The lowest BCUT2D eigenvalue weighted by Gasteiger charge is -2.30. The molecule has 27 heavy (non-hydrogen) atoms. The maximum Gasteiger partial charge on any atom is 0.162 e. The van der Waals surface area contributed by atoms with Gasteiger partial charge in [0.2, 0.25) is 0 Å². The Morgan fingerprint density at radius 3 is 2.44 bits per heavy atom. The average molecular weight is 361 g/mol. The van der Waals surface area contributed by atoms with Crippen LogP contribution in [0.15, 0.2) is 59.1 Å². The Kier molecular flexibility index (Phi) is 5.90. The predicted molar refractivity (Wildman–Crippen MR) is 112 cm³/mol. The van der Waals surface area contributed by atoms with Crippen LogP contribution in [0.1, 0.15) is 44.7 Å². The summed E-state index contributed by atoms with van der Waals surface area (Å²) in [6.45, 7) is 6.41. The molecule has 0 aromatic heterocycles. The Labute approximate surface area is 161 Å². The molecule has 1 fully saturated rings. The van der Waals surface area contributed by atoms with Gasteiger partial charge in [0.25, 0.3) is 0 Å². The van der Waals surface area contributed by atoms with Crippen molar-refractivity contribution in [3.63, 3.8) is 0 Å². The van der Waals surface area contributed by atoms with Crippen molar-refractivity contribution in [1.82, 2.24) is 0 Å². The third-order valence-electron chi connectivity index (χ3n) is 5.37. The van der Waals surface area contributed by atoms with Gasteiger partial charge in [-0.1, -0.05) is 45.0 Å². The van der Waals surface area contributed by atoms with Crippen LogP contribution in [0.2, 0.25) is 0 Å². The minimum absolute atomic E-state index is 0.148. The van der Waals surface area contributed by atoms with Crippen LogP contribution in [-0.2, 0) is 4.79 Å². The maximum absolute atomic E-state index is 12.8. The normalized spacial score (nSPS) is 22.1. The molecule has 2 aromatic carbocycles. The van der Waals surface area contributed by atoms with Gasteiger partial charge < -0.3 is 5.11 Å². The Balaban J connectivity index is 1.78. The average Bonchev–Trinajstić information content (AvgIpc) is 2.65. The molecular formula is C24H27NO2. The van der Waals surface area contributed by atoms with Crippen molar-refractivity contribution in [1.29, 1.82) is 0 Å². The summed E-state index contributed by atoms with van der Waals surface area (Å²) < 4.78 is 0. The van der Waals surface area contributed by atoms with E-state index in [9.17, 15) is 9.90 Å². The smallest absolute Gasteiger partial charge is 0.162 e. The summed E-state index contributed by atoms with van der Waals surface area (Å²) in [6, 6.07) is 15.0. The molecule has 1 aliphatic carbocycles. The summed E-state index contributed by atoms with van der Waals surface area (Å²) in [5.74, 6) is 1.37. The number of ketones is 1. The molecule has 0 aliphatic heterocycles. The number of allylic oxidation sites excluding steroid dienone is 1. The number of para-hydroxylation sites is 1. The van der Waals surface area contributed by atoms with Crippen LogP contribution in [0.4, 0.5) is 5.69 Å². The Hall–Kier alpha value is -2.68. The summed E-state index contributed by atoms with van der Waals surface area (Å²) in [6.07, 6.45) is 5.76. The van der Waals surface area contributed by atoms with Gasteiger partial charge in [0, 0.05) is 17.7 Å². The fraction of sp³-hybridized carbons (Fsp3) is 0.333. The highest BCUT2D eigenvalue weighted by molar-refractivity contribution is 6.02. The van der Waals surface area contributed by atoms with Crippen molar-refractivity contribution in [2.75, 3.05) is 0 Å². The SMILES string of the molecule is CC(C)[C@@H]1CC[C@H](C)C(=Cc2ccc(N=Cc3ccccc3O)cc2)C1=O. The van der Waals surface area contributed by atoms with Crippen molar-refractivity contribution in [2.45, 2.75) is 33.6 Å². The second kappa shape index (κ2) is 8.34. The van der Waals surface area contributed by atoms with Gasteiger partial charge in [0.15, 0.2) is 5.78 Å². The molecule has 0 saturated heterocycles. The van der Waals surface area contributed by atoms with Crippen molar-refractivity contribution in [3.8, 4) is 5.75 Å². The van der Waals surface area contributed by atoms with E-state index in [1.54, 1.807) is 18.3 Å². The van der Waals surface area contributed by atoms with Crippen LogP contribution >= 0.6 is 0 Å². The summed E-state index contributed by atoms with van der Waals surface area (Å²) >= 11 is 0. The van der Waals surface area contributed by atoms with E-state index in [2.05, 4.69) is 25.8 Å². The standard InChI is InChI=1S/C24H27NO2/c1-16(2)21-13-8-17(3)22(24(21)27)14-18-9-11-20(12-10-18)25-15-19-6-4-5-7-23(19)26/h4-7,9-12,14-17,21,26H,8,13H2,1-3H3/t17-,21-/m0/s1. The van der Waals surface area contributed by atoms with Crippen LogP contribution in [0.5, 0.6) is 5.75 Å². The molecule has 3 heteroatoms. The number of nitrogens with zero attached hydrogens (tertiary/aromatic N) is 1. The molecule has 0 radical (unpaired) electrons. The lowest BCUT2D eigenvalue weighted by atomic mass is 9.73. The first-order valence-corrected chi connectivity index (χ1v) is 9.63. The summed E-state index contributed by atoms with van der Waals surface area (Å²) in [7, 11) is 0. The molecule has 0 amide bonds. The van der Waals surface area contributed by atoms with E-state index in [-0.39, 0.29) is 11.7 Å². The highest BCUT2D eigenvalue weighted by Gasteiger charge is 2.32. The number of aliphatic imine (C=N–C) groups is 1. The molecule has 0 bridgehead atoms. The van der Waals surface area contributed by atoms with Crippen LogP contribution < -0.4 is 0 Å². The zero-order valence-electron chi connectivity index (χ0n) is 16.2. The second-order valence-electron chi connectivity index (χ2n) is 7.70. The van der Waals surface area contributed by atoms with Gasteiger partial charge >= 0.3 is 0 Å². The zero-order valence-corrected chi connectivity index (χ0v) is 16.2. The first-order chi connectivity index (χ1) is 13.0. The van der Waals surface area contributed by atoms with Crippen molar-refractivity contribution >= 4 is 23.8 Å². The predicted octanol–water partition coefficient (Wildman–Crippen LogP) is 5.80. The second-order valence-corrected chi connectivity index (χ2v) is 7.70. The number of aromatic hydroxyl groups is 1. The molecule has 2 aromatic rings. The van der Waals surface area contributed by atoms with Crippen LogP contribution in [-0.4, -0.2) is 17.1 Å². The minimum Gasteiger partial charge on any atom is -0.507 e. The maximum atomic E-state index is 12.8. The highest BCUT2D eigenvalue weighted by atomic mass is 16.3. The molecule has 1 aliphatic rings. The fourth-order valence-electron chi connectivity index (χ4n) is 3.60. The molecule has 0 heterocycles. The van der Waals surface area contributed by atoms with Crippen LogP contribution in [0.25, 0.3) is 6.08 Å². The van der Waals surface area contributed by atoms with Crippen molar-refractivity contribution < 1.29 is 9.90 Å². The van der Waals surface area contributed by atoms with Crippen molar-refractivity contribution in [3.05, 3.63) is 65.2 Å². The van der Waals surface area contributed by atoms with Crippen molar-refractivity contribution in [2.24, 2.45) is 22.7 Å². The Bertz CT molecular complexity index is 862. The summed E-state index contributed by atoms with van der Waals surface area (Å²) in [5.41, 5.74) is 3.47. The number of Topliss-reactive ketones (excluding diaryl/α,β-unsaturated/α-hetero) is 1. The summed E-state index contributed by atoms with van der Waals surface area (Å²) in [5, 5.41) is 9.79. The molecule has 2 atom stereocenters. The lowest BCUT2D eigenvalue weighted by molar-refractivity contribution is -0.122. The first-order valence-electron chi connectivity index (χ1n) is 9.63. The number of hydrogen-bond donors (Lipinski definition) is 1. The molecule has 1 saturated carbocycles. The summed E-state index contributed by atoms with van der Waals surface area (Å²) in [4.78, 5) is 17.2. The highest BCUT2D eigenvalue weighted by Crippen LogP contribution is 2.35. The lowest BCUT2D eigenvalue weighted by Crippen LogP contribution is -2.30. The van der Waals surface area contributed by atoms with Gasteiger partial charge in [0.05, 0.1) is 5.69 Å². The van der Waals surface area contributed by atoms with Crippen LogP contribution in [0.3, 0.4) is 0 Å². The van der Waals surface area contributed by atoms with E-state index in [0.29, 0.717) is 23.2 Å².